The predicted molar refractivity (Wildman–Crippen MR) is 241 cm³/mol. The number of unbranched alkanes of at least 4 members (excludes halogenated alkanes) is 35. The molecule has 0 aromatic rings. The Bertz CT molecular complexity index is 832. The van der Waals surface area contributed by atoms with E-state index >= 15 is 0 Å². The number of allylic oxidation sites excluding steroid dienone is 1. The van der Waals surface area contributed by atoms with Crippen molar-refractivity contribution in [3.63, 3.8) is 0 Å². The molecule has 332 valence electrons. The van der Waals surface area contributed by atoms with Crippen LogP contribution in [0.25, 0.3) is 0 Å². The van der Waals surface area contributed by atoms with Gasteiger partial charge in [0, 0.05) is 12.8 Å². The Hall–Kier alpha value is -1.40. The summed E-state index contributed by atoms with van der Waals surface area (Å²) in [4.78, 5) is 24.4. The van der Waals surface area contributed by atoms with Crippen LogP contribution in [0.5, 0.6) is 0 Å². The maximum atomic E-state index is 12.4. The topological polar surface area (TPSA) is 95.9 Å². The average molecular weight is 792 g/mol. The number of hydrogen-bond acceptors (Lipinski definition) is 5. The molecule has 0 fully saturated rings. The van der Waals surface area contributed by atoms with E-state index in [4.69, 9.17) is 4.74 Å². The quantitative estimate of drug-likeness (QED) is 0.0324. The Morgan fingerprint density at radius 1 is 0.482 bits per heavy atom. The number of carbonyl (C=O) groups excluding carboxylic acids is 2. The zero-order valence-electron chi connectivity index (χ0n) is 37.6. The molecule has 6 nitrogen and oxygen atoms in total. The summed E-state index contributed by atoms with van der Waals surface area (Å²) in [7, 11) is 0. The van der Waals surface area contributed by atoms with E-state index in [1.54, 1.807) is 6.08 Å². The van der Waals surface area contributed by atoms with Gasteiger partial charge >= 0.3 is 5.97 Å². The van der Waals surface area contributed by atoms with Crippen molar-refractivity contribution in [2.24, 2.45) is 0 Å². The molecule has 0 heterocycles. The molecule has 0 aliphatic carbocycles. The van der Waals surface area contributed by atoms with Crippen LogP contribution < -0.4 is 5.32 Å². The maximum Gasteiger partial charge on any atom is 0.305 e. The van der Waals surface area contributed by atoms with E-state index in [2.05, 4.69) is 19.2 Å². The molecule has 2 atom stereocenters. The highest BCUT2D eigenvalue weighted by Crippen LogP contribution is 2.16. The first kappa shape index (κ1) is 54.6. The van der Waals surface area contributed by atoms with Crippen LogP contribution in [0.2, 0.25) is 0 Å². The number of esters is 1. The van der Waals surface area contributed by atoms with Crippen LogP contribution in [0, 0.1) is 0 Å². The minimum absolute atomic E-state index is 0.00815. The van der Waals surface area contributed by atoms with Gasteiger partial charge in [0.15, 0.2) is 0 Å². The number of hydrogen-bond donors (Lipinski definition) is 3. The van der Waals surface area contributed by atoms with Crippen molar-refractivity contribution in [3.05, 3.63) is 12.2 Å². The van der Waals surface area contributed by atoms with Crippen LogP contribution in [0.1, 0.15) is 271 Å². The lowest BCUT2D eigenvalue weighted by molar-refractivity contribution is -0.143. The fraction of sp³-hybridized carbons (Fsp3) is 0.920. The monoisotopic (exact) mass is 792 g/mol. The van der Waals surface area contributed by atoms with Crippen LogP contribution in [0.4, 0.5) is 0 Å². The van der Waals surface area contributed by atoms with E-state index in [1.165, 1.54) is 186 Å². The Morgan fingerprint density at radius 3 is 1.21 bits per heavy atom. The predicted octanol–water partition coefficient (Wildman–Crippen LogP) is 14.6. The van der Waals surface area contributed by atoms with E-state index in [1.807, 2.05) is 6.08 Å². The van der Waals surface area contributed by atoms with Gasteiger partial charge in [0.05, 0.1) is 25.4 Å². The first-order valence-corrected chi connectivity index (χ1v) is 25.0. The van der Waals surface area contributed by atoms with Gasteiger partial charge in [0.2, 0.25) is 5.91 Å². The number of aliphatic hydroxyl groups is 2. The number of aliphatic hydroxyl groups excluding tert-OH is 2. The maximum absolute atomic E-state index is 12.4. The normalized spacial score (nSPS) is 12.7. The van der Waals surface area contributed by atoms with Gasteiger partial charge in [-0.1, -0.05) is 238 Å². The van der Waals surface area contributed by atoms with Gasteiger partial charge in [-0.05, 0) is 32.1 Å². The largest absolute Gasteiger partial charge is 0.466 e. The lowest BCUT2D eigenvalue weighted by atomic mass is 10.0. The molecule has 0 rings (SSSR count). The van der Waals surface area contributed by atoms with Crippen LogP contribution in [0.3, 0.4) is 0 Å². The highest BCUT2D eigenvalue weighted by atomic mass is 16.5. The second-order valence-electron chi connectivity index (χ2n) is 17.2. The molecule has 0 aromatic carbocycles. The van der Waals surface area contributed by atoms with Gasteiger partial charge in [0.25, 0.3) is 0 Å². The van der Waals surface area contributed by atoms with Crippen LogP contribution >= 0.6 is 0 Å². The molecule has 0 aliphatic rings. The summed E-state index contributed by atoms with van der Waals surface area (Å²) in [5.41, 5.74) is 0. The van der Waals surface area contributed by atoms with Crippen molar-refractivity contribution in [2.75, 3.05) is 13.2 Å². The summed E-state index contributed by atoms with van der Waals surface area (Å²) >= 11 is 0. The number of carbonyl (C=O) groups is 2. The van der Waals surface area contributed by atoms with E-state index in [-0.39, 0.29) is 18.5 Å². The lowest BCUT2D eigenvalue weighted by Crippen LogP contribution is -2.45. The molecule has 0 spiro atoms. The summed E-state index contributed by atoms with van der Waals surface area (Å²) in [6.07, 6.45) is 52.0. The Labute approximate surface area is 349 Å². The van der Waals surface area contributed by atoms with Crippen molar-refractivity contribution >= 4 is 11.9 Å². The number of amides is 1. The average Bonchev–Trinajstić information content (AvgIpc) is 3.20. The molecule has 0 bridgehead atoms. The first-order valence-electron chi connectivity index (χ1n) is 25.0. The van der Waals surface area contributed by atoms with Crippen LogP contribution in [0.15, 0.2) is 12.2 Å². The molecule has 0 radical (unpaired) electrons. The fourth-order valence-corrected chi connectivity index (χ4v) is 7.69. The van der Waals surface area contributed by atoms with Crippen molar-refractivity contribution < 1.29 is 24.5 Å². The summed E-state index contributed by atoms with van der Waals surface area (Å²) in [5, 5.41) is 23.0. The van der Waals surface area contributed by atoms with Gasteiger partial charge in [0.1, 0.15) is 0 Å². The smallest absolute Gasteiger partial charge is 0.305 e. The standard InChI is InChI=1S/C50H97NO5/c1-3-5-7-9-11-13-15-17-18-19-24-28-32-36-40-44-50(55)56-45-41-37-33-29-25-21-20-23-27-31-35-39-43-49(54)51-47(46-52)48(53)42-38-34-30-26-22-16-14-12-10-8-6-4-2/h38,42,47-48,52-53H,3-37,39-41,43-46H2,1-2H3,(H,51,54)/b42-38+. The molecular weight excluding hydrogens is 695 g/mol. The SMILES string of the molecule is CCCCCCCCCCCC/C=C/C(O)C(CO)NC(=O)CCCCCCCCCCCCCCOC(=O)CCCCCCCCCCCCCCCCC. The Kier molecular flexibility index (Phi) is 45.1. The third-order valence-electron chi connectivity index (χ3n) is 11.6. The van der Waals surface area contributed by atoms with Crippen molar-refractivity contribution in [1.29, 1.82) is 0 Å². The van der Waals surface area contributed by atoms with Gasteiger partial charge < -0.3 is 20.3 Å². The summed E-state index contributed by atoms with van der Waals surface area (Å²) in [6.45, 7) is 4.86. The summed E-state index contributed by atoms with van der Waals surface area (Å²) in [5.74, 6) is -0.0917. The first-order chi connectivity index (χ1) is 27.5. The third kappa shape index (κ3) is 42.2. The number of rotatable bonds is 46. The summed E-state index contributed by atoms with van der Waals surface area (Å²) in [6, 6.07) is -0.637. The zero-order valence-corrected chi connectivity index (χ0v) is 37.6. The lowest BCUT2D eigenvalue weighted by Gasteiger charge is -2.20. The minimum atomic E-state index is -0.852. The van der Waals surface area contributed by atoms with Crippen molar-refractivity contribution in [2.45, 2.75) is 283 Å². The molecule has 1 amide bonds. The fourth-order valence-electron chi connectivity index (χ4n) is 7.69. The van der Waals surface area contributed by atoms with Gasteiger partial charge in [-0.2, -0.15) is 0 Å². The number of ether oxygens (including phenoxy) is 1. The highest BCUT2D eigenvalue weighted by molar-refractivity contribution is 5.76. The Balaban J connectivity index is 3.46. The molecular formula is C50H97NO5. The molecule has 0 aliphatic heterocycles. The van der Waals surface area contributed by atoms with E-state index < -0.39 is 12.1 Å². The molecule has 0 saturated carbocycles. The van der Waals surface area contributed by atoms with E-state index in [0.29, 0.717) is 19.4 Å². The molecule has 6 heteroatoms. The van der Waals surface area contributed by atoms with Crippen LogP contribution in [-0.2, 0) is 14.3 Å². The number of nitrogens with one attached hydrogen (secondary N) is 1. The van der Waals surface area contributed by atoms with E-state index in [0.717, 1.165) is 57.8 Å². The second-order valence-corrected chi connectivity index (χ2v) is 17.2. The molecule has 56 heavy (non-hydrogen) atoms. The highest BCUT2D eigenvalue weighted by Gasteiger charge is 2.18. The van der Waals surface area contributed by atoms with Gasteiger partial charge in [-0.25, -0.2) is 0 Å². The zero-order chi connectivity index (χ0) is 40.8. The van der Waals surface area contributed by atoms with Crippen LogP contribution in [-0.4, -0.2) is 47.4 Å². The van der Waals surface area contributed by atoms with Crippen molar-refractivity contribution in [3.8, 4) is 0 Å². The molecule has 0 saturated heterocycles. The molecule has 2 unspecified atom stereocenters. The summed E-state index contributed by atoms with van der Waals surface area (Å²) < 4.78 is 5.46. The molecule has 0 aromatic heterocycles. The van der Waals surface area contributed by atoms with Gasteiger partial charge in [-0.3, -0.25) is 9.59 Å². The van der Waals surface area contributed by atoms with Gasteiger partial charge in [-0.15, -0.1) is 0 Å². The molecule has 3 N–H and O–H groups in total. The third-order valence-corrected chi connectivity index (χ3v) is 11.6. The minimum Gasteiger partial charge on any atom is -0.466 e. The second kappa shape index (κ2) is 46.3. The Morgan fingerprint density at radius 2 is 0.821 bits per heavy atom. The van der Waals surface area contributed by atoms with Crippen molar-refractivity contribution in [1.82, 2.24) is 5.32 Å². The van der Waals surface area contributed by atoms with E-state index in [9.17, 15) is 19.8 Å².